The van der Waals surface area contributed by atoms with Crippen LogP contribution in [0.4, 0.5) is 21.9 Å². The van der Waals surface area contributed by atoms with Crippen molar-refractivity contribution in [2.75, 3.05) is 23.1 Å². The van der Waals surface area contributed by atoms with E-state index in [2.05, 4.69) is 21.0 Å². The second-order valence-electron chi connectivity index (χ2n) is 6.86. The molecule has 0 radical (unpaired) electrons. The van der Waals surface area contributed by atoms with Gasteiger partial charge in [-0.2, -0.15) is 5.10 Å². The molecule has 0 bridgehead atoms. The Kier molecular flexibility index (Phi) is 6.12. The van der Waals surface area contributed by atoms with Crippen LogP contribution in [0.3, 0.4) is 0 Å². The average molecular weight is 427 g/mol. The molecule has 4 aromatic rings. The number of para-hydroxylation sites is 1. The molecule has 3 amide bonds. The maximum absolute atomic E-state index is 12.7. The third-order valence-corrected chi connectivity index (χ3v) is 4.57. The van der Waals surface area contributed by atoms with Crippen LogP contribution in [0.2, 0.25) is 0 Å². The molecule has 0 saturated carbocycles. The van der Waals surface area contributed by atoms with Crippen LogP contribution < -0.4 is 20.7 Å². The second kappa shape index (κ2) is 9.48. The molecule has 1 heterocycles. The number of benzene rings is 3. The second-order valence-corrected chi connectivity index (χ2v) is 6.86. The number of nitrogens with zero attached hydrogens (tertiary/aromatic N) is 2. The monoisotopic (exact) mass is 427 g/mol. The van der Waals surface area contributed by atoms with E-state index in [1.165, 1.54) is 0 Å². The van der Waals surface area contributed by atoms with Crippen molar-refractivity contribution < 1.29 is 14.3 Å². The highest BCUT2D eigenvalue weighted by Gasteiger charge is 2.10. The first-order valence-electron chi connectivity index (χ1n) is 9.84. The van der Waals surface area contributed by atoms with Crippen LogP contribution in [0.15, 0.2) is 91.3 Å². The van der Waals surface area contributed by atoms with Gasteiger partial charge in [0.15, 0.2) is 0 Å². The van der Waals surface area contributed by atoms with Crippen molar-refractivity contribution in [2.24, 2.45) is 0 Å². The fourth-order valence-electron chi connectivity index (χ4n) is 3.04. The molecule has 0 atom stereocenters. The van der Waals surface area contributed by atoms with Crippen LogP contribution in [0.1, 0.15) is 10.4 Å². The Morgan fingerprint density at radius 2 is 1.56 bits per heavy atom. The van der Waals surface area contributed by atoms with Gasteiger partial charge in [0.2, 0.25) is 0 Å². The first kappa shape index (κ1) is 20.7. The third-order valence-electron chi connectivity index (χ3n) is 4.57. The zero-order valence-corrected chi connectivity index (χ0v) is 17.3. The smallest absolute Gasteiger partial charge is 0.323 e. The lowest BCUT2D eigenvalue weighted by Gasteiger charge is -2.09. The predicted octanol–water partition coefficient (Wildman–Crippen LogP) is 4.78. The minimum atomic E-state index is -0.395. The topological polar surface area (TPSA) is 97.3 Å². The normalized spacial score (nSPS) is 10.3. The summed E-state index contributed by atoms with van der Waals surface area (Å²) in [4.78, 5) is 24.9. The van der Waals surface area contributed by atoms with Gasteiger partial charge in [-0.25, -0.2) is 9.48 Å². The molecule has 8 heteroatoms. The van der Waals surface area contributed by atoms with E-state index in [1.807, 2.05) is 42.5 Å². The van der Waals surface area contributed by atoms with Crippen molar-refractivity contribution in [3.8, 4) is 11.4 Å². The van der Waals surface area contributed by atoms with Gasteiger partial charge in [0, 0.05) is 23.0 Å². The Morgan fingerprint density at radius 3 is 2.38 bits per heavy atom. The number of nitrogens with one attached hydrogen (secondary N) is 3. The highest BCUT2D eigenvalue weighted by Crippen LogP contribution is 2.19. The summed E-state index contributed by atoms with van der Waals surface area (Å²) >= 11 is 0. The van der Waals surface area contributed by atoms with Crippen LogP contribution in [-0.4, -0.2) is 28.8 Å². The van der Waals surface area contributed by atoms with Crippen molar-refractivity contribution in [3.63, 3.8) is 0 Å². The summed E-state index contributed by atoms with van der Waals surface area (Å²) in [6.45, 7) is 0. The first-order chi connectivity index (χ1) is 15.6. The molecule has 0 aliphatic rings. The zero-order chi connectivity index (χ0) is 22.3. The SMILES string of the molecule is COc1cccc(-n2cc(NC(=O)c3cccc(NC(=O)Nc4ccccc4)c3)cn2)c1. The average Bonchev–Trinajstić information content (AvgIpc) is 3.28. The Morgan fingerprint density at radius 1 is 0.812 bits per heavy atom. The molecule has 4 rings (SSSR count). The van der Waals surface area contributed by atoms with E-state index < -0.39 is 6.03 Å². The number of aromatic nitrogens is 2. The number of anilines is 3. The van der Waals surface area contributed by atoms with Gasteiger partial charge < -0.3 is 20.7 Å². The van der Waals surface area contributed by atoms with Gasteiger partial charge >= 0.3 is 6.03 Å². The van der Waals surface area contributed by atoms with Crippen LogP contribution in [0.5, 0.6) is 5.75 Å². The first-order valence-corrected chi connectivity index (χ1v) is 9.84. The number of hydrogen-bond acceptors (Lipinski definition) is 4. The number of carbonyl (C=O) groups is 2. The summed E-state index contributed by atoms with van der Waals surface area (Å²) in [7, 11) is 1.60. The molecule has 0 aliphatic carbocycles. The van der Waals surface area contributed by atoms with Gasteiger partial charge in [0.25, 0.3) is 5.91 Å². The molecule has 32 heavy (non-hydrogen) atoms. The molecule has 8 nitrogen and oxygen atoms in total. The number of amides is 3. The van der Waals surface area contributed by atoms with Crippen LogP contribution in [0.25, 0.3) is 5.69 Å². The number of rotatable bonds is 6. The lowest BCUT2D eigenvalue weighted by molar-refractivity contribution is 0.102. The van der Waals surface area contributed by atoms with Crippen LogP contribution >= 0.6 is 0 Å². The maximum Gasteiger partial charge on any atom is 0.323 e. The fraction of sp³-hybridized carbons (Fsp3) is 0.0417. The molecule has 160 valence electrons. The predicted molar refractivity (Wildman–Crippen MR) is 124 cm³/mol. The van der Waals surface area contributed by atoms with Gasteiger partial charge in [-0.3, -0.25) is 4.79 Å². The Labute approximate surface area is 184 Å². The van der Waals surface area contributed by atoms with E-state index in [0.717, 1.165) is 5.69 Å². The van der Waals surface area contributed by atoms with E-state index in [4.69, 9.17) is 4.74 Å². The maximum atomic E-state index is 12.7. The summed E-state index contributed by atoms with van der Waals surface area (Å²) in [5.41, 5.74) is 2.92. The van der Waals surface area contributed by atoms with Crippen molar-refractivity contribution in [1.29, 1.82) is 0 Å². The lowest BCUT2D eigenvalue weighted by Crippen LogP contribution is -2.20. The fourth-order valence-corrected chi connectivity index (χ4v) is 3.04. The van der Waals surface area contributed by atoms with E-state index in [0.29, 0.717) is 28.4 Å². The number of methoxy groups -OCH3 is 1. The van der Waals surface area contributed by atoms with E-state index in [9.17, 15) is 9.59 Å². The summed E-state index contributed by atoms with van der Waals surface area (Å²) in [6.07, 6.45) is 3.27. The van der Waals surface area contributed by atoms with Gasteiger partial charge in [-0.05, 0) is 42.5 Å². The van der Waals surface area contributed by atoms with E-state index in [1.54, 1.807) is 60.6 Å². The molecule has 0 fully saturated rings. The van der Waals surface area contributed by atoms with Gasteiger partial charge in [0.1, 0.15) is 5.75 Å². The molecule has 1 aromatic heterocycles. The summed E-state index contributed by atoms with van der Waals surface area (Å²) in [6, 6.07) is 22.8. The van der Waals surface area contributed by atoms with Crippen molar-refractivity contribution in [2.45, 2.75) is 0 Å². The minimum absolute atomic E-state index is 0.317. The van der Waals surface area contributed by atoms with Gasteiger partial charge in [0.05, 0.1) is 30.9 Å². The molecule has 0 aliphatic heterocycles. The molecule has 0 unspecified atom stereocenters. The minimum Gasteiger partial charge on any atom is -0.497 e. The summed E-state index contributed by atoms with van der Waals surface area (Å²) in [5, 5.41) is 12.6. The largest absolute Gasteiger partial charge is 0.497 e. The summed E-state index contributed by atoms with van der Waals surface area (Å²) in [5.74, 6) is 0.395. The van der Waals surface area contributed by atoms with Crippen molar-refractivity contribution in [1.82, 2.24) is 9.78 Å². The quantitative estimate of drug-likeness (QED) is 0.413. The summed E-state index contributed by atoms with van der Waals surface area (Å²) < 4.78 is 6.87. The van der Waals surface area contributed by atoms with E-state index in [-0.39, 0.29) is 5.91 Å². The lowest BCUT2D eigenvalue weighted by atomic mass is 10.2. The molecular formula is C24H21N5O3. The number of carbonyl (C=O) groups excluding carboxylic acids is 2. The van der Waals surface area contributed by atoms with Gasteiger partial charge in [-0.15, -0.1) is 0 Å². The molecule has 0 saturated heterocycles. The zero-order valence-electron chi connectivity index (χ0n) is 17.3. The Balaban J connectivity index is 1.41. The van der Waals surface area contributed by atoms with E-state index >= 15 is 0 Å². The Hall–Kier alpha value is -4.59. The Bertz CT molecular complexity index is 1240. The van der Waals surface area contributed by atoms with Crippen molar-refractivity contribution >= 4 is 29.0 Å². The molecule has 3 N–H and O–H groups in total. The highest BCUT2D eigenvalue weighted by molar-refractivity contribution is 6.06. The van der Waals surface area contributed by atoms with Crippen LogP contribution in [0, 0.1) is 0 Å². The third kappa shape index (κ3) is 5.11. The number of ether oxygens (including phenoxy) is 1. The van der Waals surface area contributed by atoms with Gasteiger partial charge in [-0.1, -0.05) is 30.3 Å². The van der Waals surface area contributed by atoms with Crippen LogP contribution in [-0.2, 0) is 0 Å². The van der Waals surface area contributed by atoms with Crippen molar-refractivity contribution in [3.05, 3.63) is 96.8 Å². The molecular weight excluding hydrogens is 406 g/mol. The molecule has 0 spiro atoms. The highest BCUT2D eigenvalue weighted by atomic mass is 16.5. The standard InChI is InChI=1S/C24H21N5O3/c1-32-22-12-6-11-21(14-22)29-16-20(15-25-29)26-23(30)17-7-5-10-19(13-17)28-24(31)27-18-8-3-2-4-9-18/h2-16H,1H3,(H,26,30)(H2,27,28,31). The number of urea groups is 1. The molecule has 3 aromatic carbocycles. The number of hydrogen-bond donors (Lipinski definition) is 3.